The van der Waals surface area contributed by atoms with Gasteiger partial charge in [-0.15, -0.1) is 0 Å². The number of nitrogens with one attached hydrogen (secondary N) is 2. The number of nitrogens with two attached hydrogens (primary N) is 1. The van der Waals surface area contributed by atoms with Crippen LogP contribution in [0.5, 0.6) is 0 Å². The smallest absolute Gasteiger partial charge is 0.157 e. The molecule has 0 aliphatic carbocycles. The van der Waals surface area contributed by atoms with E-state index in [0.717, 1.165) is 103 Å². The van der Waals surface area contributed by atoms with Crippen LogP contribution in [0, 0.1) is 11.8 Å². The zero-order chi connectivity index (χ0) is 24.5. The van der Waals surface area contributed by atoms with Crippen molar-refractivity contribution in [3.63, 3.8) is 0 Å². The van der Waals surface area contributed by atoms with Gasteiger partial charge < -0.3 is 16.0 Å². The van der Waals surface area contributed by atoms with E-state index in [4.69, 9.17) is 15.7 Å². The van der Waals surface area contributed by atoms with Crippen molar-refractivity contribution >= 4 is 33.4 Å². The van der Waals surface area contributed by atoms with E-state index in [1.807, 2.05) is 6.07 Å². The molecule has 4 aromatic rings. The van der Waals surface area contributed by atoms with Crippen LogP contribution in [0.4, 0.5) is 11.5 Å². The van der Waals surface area contributed by atoms with Gasteiger partial charge in [-0.05, 0) is 62.6 Å². The molecule has 0 unspecified atom stereocenters. The average molecular weight is 468 g/mol. The van der Waals surface area contributed by atoms with Crippen LogP contribution in [0.25, 0.3) is 21.9 Å². The normalized spacial score (nSPS) is 11.2. The lowest BCUT2D eigenvalue weighted by Crippen LogP contribution is -2.00. The summed E-state index contributed by atoms with van der Waals surface area (Å²) in [7, 11) is 0. The van der Waals surface area contributed by atoms with Gasteiger partial charge in [-0.3, -0.25) is 0 Å². The maximum atomic E-state index is 5.55. The van der Waals surface area contributed by atoms with Gasteiger partial charge in [0.2, 0.25) is 0 Å². The first kappa shape index (κ1) is 24.8. The highest BCUT2D eigenvalue weighted by Crippen LogP contribution is 2.33. The first-order valence-corrected chi connectivity index (χ1v) is 13.1. The number of para-hydroxylation sites is 1. The van der Waals surface area contributed by atoms with Crippen LogP contribution in [-0.2, 0) is 0 Å². The molecule has 5 nitrogen and oxygen atoms in total. The summed E-state index contributed by atoms with van der Waals surface area (Å²) in [6.45, 7) is 5.24. The molecule has 0 aliphatic heterocycles. The quantitative estimate of drug-likeness (QED) is 0.158. The fourth-order valence-corrected chi connectivity index (χ4v) is 4.58. The molecule has 5 heteroatoms. The van der Waals surface area contributed by atoms with Crippen molar-refractivity contribution in [2.24, 2.45) is 5.73 Å². The van der Waals surface area contributed by atoms with Gasteiger partial charge in [-0.25, -0.2) is 9.97 Å². The molecule has 0 atom stereocenters. The molecule has 0 saturated carbocycles. The second-order valence-corrected chi connectivity index (χ2v) is 9.20. The van der Waals surface area contributed by atoms with Crippen molar-refractivity contribution < 1.29 is 0 Å². The molecule has 2 heterocycles. The Kier molecular flexibility index (Phi) is 8.75. The number of imidazole rings is 1. The number of benzene rings is 2. The fraction of sp³-hybridized carbons (Fsp3) is 0.400. The second kappa shape index (κ2) is 12.4. The SMILES string of the molecule is CCCC(CCC)c1nc2c([nH]1)c(Nc1ccc(C#CCCCCCN)cc1)nc1ccccc12. The minimum absolute atomic E-state index is 0.442. The zero-order valence-electron chi connectivity index (χ0n) is 21.0. The number of unbranched alkanes of at least 4 members (excludes halogenated alkanes) is 3. The fourth-order valence-electron chi connectivity index (χ4n) is 4.58. The van der Waals surface area contributed by atoms with Crippen LogP contribution in [0.15, 0.2) is 48.5 Å². The summed E-state index contributed by atoms with van der Waals surface area (Å²) < 4.78 is 0. The maximum Gasteiger partial charge on any atom is 0.157 e. The van der Waals surface area contributed by atoms with E-state index < -0.39 is 0 Å². The summed E-state index contributed by atoms with van der Waals surface area (Å²) in [6.07, 6.45) is 8.81. The Balaban J connectivity index is 1.60. The molecule has 4 N–H and O–H groups in total. The van der Waals surface area contributed by atoms with Crippen molar-refractivity contribution in [2.45, 2.75) is 71.1 Å². The van der Waals surface area contributed by atoms with Crippen molar-refractivity contribution in [2.75, 3.05) is 11.9 Å². The number of nitrogens with zero attached hydrogens (tertiary/aromatic N) is 2. The predicted octanol–water partition coefficient (Wildman–Crippen LogP) is 7.41. The Morgan fingerprint density at radius 1 is 0.943 bits per heavy atom. The highest BCUT2D eigenvalue weighted by atomic mass is 15.0. The number of fused-ring (bicyclic) bond motifs is 3. The number of aromatic nitrogens is 3. The zero-order valence-corrected chi connectivity index (χ0v) is 21.0. The number of rotatable bonds is 11. The molecule has 0 fully saturated rings. The highest BCUT2D eigenvalue weighted by molar-refractivity contribution is 6.07. The first-order chi connectivity index (χ1) is 17.2. The van der Waals surface area contributed by atoms with Crippen LogP contribution in [0.1, 0.15) is 82.5 Å². The number of hydrogen-bond acceptors (Lipinski definition) is 4. The van der Waals surface area contributed by atoms with E-state index in [-0.39, 0.29) is 0 Å². The Bertz CT molecular complexity index is 1290. The van der Waals surface area contributed by atoms with Gasteiger partial charge in [0, 0.05) is 29.0 Å². The third kappa shape index (κ3) is 6.21. The van der Waals surface area contributed by atoms with E-state index in [9.17, 15) is 0 Å². The van der Waals surface area contributed by atoms with Gasteiger partial charge in [0.1, 0.15) is 16.9 Å². The number of H-pyrrole nitrogens is 1. The van der Waals surface area contributed by atoms with E-state index in [2.05, 4.69) is 78.5 Å². The summed E-state index contributed by atoms with van der Waals surface area (Å²) in [5, 5.41) is 4.61. The van der Waals surface area contributed by atoms with E-state index in [1.165, 1.54) is 0 Å². The summed E-state index contributed by atoms with van der Waals surface area (Å²) in [5.74, 6) is 8.86. The molecule has 35 heavy (non-hydrogen) atoms. The predicted molar refractivity (Wildman–Crippen MR) is 148 cm³/mol. The molecule has 182 valence electrons. The number of anilines is 2. The molecule has 2 aromatic carbocycles. The number of pyridine rings is 1. The van der Waals surface area contributed by atoms with E-state index in [0.29, 0.717) is 5.92 Å². The molecular formula is C30H37N5. The third-order valence-electron chi connectivity index (χ3n) is 6.40. The molecule has 0 saturated heterocycles. The highest BCUT2D eigenvalue weighted by Gasteiger charge is 2.18. The minimum Gasteiger partial charge on any atom is -0.339 e. The van der Waals surface area contributed by atoms with Crippen LogP contribution in [0.3, 0.4) is 0 Å². The molecule has 2 aromatic heterocycles. The Morgan fingerprint density at radius 2 is 1.71 bits per heavy atom. The van der Waals surface area contributed by atoms with Gasteiger partial charge >= 0.3 is 0 Å². The lowest BCUT2D eigenvalue weighted by Gasteiger charge is -2.11. The van der Waals surface area contributed by atoms with Crippen molar-refractivity contribution in [3.8, 4) is 11.8 Å². The molecule has 0 radical (unpaired) electrons. The first-order valence-electron chi connectivity index (χ1n) is 13.1. The topological polar surface area (TPSA) is 79.6 Å². The molecule has 0 amide bonds. The van der Waals surface area contributed by atoms with Crippen molar-refractivity contribution in [3.05, 3.63) is 59.9 Å². The van der Waals surface area contributed by atoms with Gasteiger partial charge in [0.25, 0.3) is 0 Å². The van der Waals surface area contributed by atoms with Gasteiger partial charge in [0.05, 0.1) is 5.52 Å². The Morgan fingerprint density at radius 3 is 2.46 bits per heavy atom. The summed E-state index contributed by atoms with van der Waals surface area (Å²) >= 11 is 0. The van der Waals surface area contributed by atoms with Crippen LogP contribution >= 0.6 is 0 Å². The third-order valence-corrected chi connectivity index (χ3v) is 6.40. The van der Waals surface area contributed by atoms with Gasteiger partial charge in [-0.2, -0.15) is 0 Å². The van der Waals surface area contributed by atoms with Gasteiger partial charge in [-0.1, -0.05) is 63.1 Å². The largest absolute Gasteiger partial charge is 0.339 e. The molecule has 0 spiro atoms. The van der Waals surface area contributed by atoms with Crippen LogP contribution < -0.4 is 11.1 Å². The molecule has 0 aliphatic rings. The lowest BCUT2D eigenvalue weighted by molar-refractivity contribution is 0.539. The number of hydrogen-bond donors (Lipinski definition) is 3. The van der Waals surface area contributed by atoms with Crippen LogP contribution in [-0.4, -0.2) is 21.5 Å². The standard InChI is InChI=1S/C30H37N5/c1-3-12-23(13-4-2)29-34-27-25-15-9-10-16-26(25)33-30(28(27)35-29)32-24-19-17-22(18-20-24)14-8-6-5-7-11-21-31/h9-10,15-20,23H,3-7,11-13,21,31H2,1-2H3,(H,32,33)(H,34,35). The van der Waals surface area contributed by atoms with Crippen LogP contribution in [0.2, 0.25) is 0 Å². The summed E-state index contributed by atoms with van der Waals surface area (Å²) in [4.78, 5) is 13.7. The summed E-state index contributed by atoms with van der Waals surface area (Å²) in [5.41, 5.74) is 10.5. The second-order valence-electron chi connectivity index (χ2n) is 9.20. The van der Waals surface area contributed by atoms with Gasteiger partial charge in [0.15, 0.2) is 5.82 Å². The average Bonchev–Trinajstić information content (AvgIpc) is 3.33. The molecule has 0 bridgehead atoms. The molecule has 4 rings (SSSR count). The summed E-state index contributed by atoms with van der Waals surface area (Å²) in [6, 6.07) is 16.5. The maximum absolute atomic E-state index is 5.55. The van der Waals surface area contributed by atoms with E-state index in [1.54, 1.807) is 0 Å². The monoisotopic (exact) mass is 467 g/mol. The van der Waals surface area contributed by atoms with Crippen molar-refractivity contribution in [1.29, 1.82) is 0 Å². The minimum atomic E-state index is 0.442. The van der Waals surface area contributed by atoms with Crippen molar-refractivity contribution in [1.82, 2.24) is 15.0 Å². The Labute approximate surface area is 208 Å². The Hall–Kier alpha value is -3.36. The number of aromatic amines is 1. The lowest BCUT2D eigenvalue weighted by atomic mass is 9.98. The van der Waals surface area contributed by atoms with E-state index >= 15 is 0 Å². The molecular weight excluding hydrogens is 430 g/mol.